The smallest absolute Gasteiger partial charge is 0.410 e. The number of hydrogen-bond donors (Lipinski definition) is 1. The van der Waals surface area contributed by atoms with Gasteiger partial charge in [0.2, 0.25) is 0 Å². The lowest BCUT2D eigenvalue weighted by molar-refractivity contribution is 0.0288. The number of nitrogens with one attached hydrogen (secondary N) is 1. The first-order valence-electron chi connectivity index (χ1n) is 8.84. The highest BCUT2D eigenvalue weighted by atomic mass is 16.6. The van der Waals surface area contributed by atoms with Crippen LogP contribution in [0.25, 0.3) is 0 Å². The van der Waals surface area contributed by atoms with Crippen LogP contribution in [0.3, 0.4) is 0 Å². The summed E-state index contributed by atoms with van der Waals surface area (Å²) >= 11 is 0. The number of hydrogen-bond acceptors (Lipinski definition) is 6. The van der Waals surface area contributed by atoms with Crippen molar-refractivity contribution >= 4 is 6.09 Å². The molecule has 3 rings (SSSR count). The Hall–Kier alpha value is -2.02. The van der Waals surface area contributed by atoms with Crippen LogP contribution in [0, 0.1) is 5.92 Å². The number of likely N-dealkylation sites (tertiary alicyclic amines) is 1. The molecule has 0 saturated carbocycles. The number of aromatic nitrogens is 1. The highest BCUT2D eigenvalue weighted by molar-refractivity contribution is 5.68. The molecular formula is C18H27N3O4. The van der Waals surface area contributed by atoms with Crippen molar-refractivity contribution in [2.75, 3.05) is 32.8 Å². The summed E-state index contributed by atoms with van der Waals surface area (Å²) in [6.45, 7) is 9.81. The van der Waals surface area contributed by atoms with E-state index >= 15 is 0 Å². The van der Waals surface area contributed by atoms with Crippen molar-refractivity contribution in [1.29, 1.82) is 0 Å². The SMILES string of the molecule is CC(C)(C)OC(=O)N1CCC(CNCc2cc3c(cn2)OCCO3)C1. The van der Waals surface area contributed by atoms with Gasteiger partial charge in [0.15, 0.2) is 11.5 Å². The Balaban J connectivity index is 1.42. The number of pyridine rings is 1. The molecule has 7 heteroatoms. The Bertz CT molecular complexity index is 615. The number of carbonyl (C=O) groups is 1. The maximum Gasteiger partial charge on any atom is 0.410 e. The second-order valence-corrected chi connectivity index (χ2v) is 7.53. The van der Waals surface area contributed by atoms with Gasteiger partial charge in [0, 0.05) is 32.2 Å². The molecule has 2 aliphatic heterocycles. The summed E-state index contributed by atoms with van der Waals surface area (Å²) in [6, 6.07) is 1.92. The van der Waals surface area contributed by atoms with Crippen LogP contribution in [0.5, 0.6) is 11.5 Å². The molecule has 0 aliphatic carbocycles. The lowest BCUT2D eigenvalue weighted by atomic mass is 10.1. The molecule has 1 atom stereocenters. The molecule has 0 bridgehead atoms. The molecule has 0 spiro atoms. The van der Waals surface area contributed by atoms with E-state index in [2.05, 4.69) is 10.3 Å². The maximum atomic E-state index is 12.1. The molecule has 0 aromatic carbocycles. The van der Waals surface area contributed by atoms with E-state index in [-0.39, 0.29) is 6.09 Å². The summed E-state index contributed by atoms with van der Waals surface area (Å²) in [4.78, 5) is 18.3. The molecule has 3 heterocycles. The quantitative estimate of drug-likeness (QED) is 0.898. The van der Waals surface area contributed by atoms with Crippen molar-refractivity contribution in [2.45, 2.75) is 39.3 Å². The van der Waals surface area contributed by atoms with E-state index in [0.717, 1.165) is 37.5 Å². The molecule has 1 saturated heterocycles. The Morgan fingerprint density at radius 1 is 1.36 bits per heavy atom. The van der Waals surface area contributed by atoms with Crippen LogP contribution in [0.2, 0.25) is 0 Å². The summed E-state index contributed by atoms with van der Waals surface area (Å²) in [6.07, 6.45) is 2.48. The summed E-state index contributed by atoms with van der Waals surface area (Å²) in [7, 11) is 0. The zero-order valence-electron chi connectivity index (χ0n) is 15.2. The molecule has 1 fully saturated rings. The maximum absolute atomic E-state index is 12.1. The van der Waals surface area contributed by atoms with Crippen LogP contribution in [0.15, 0.2) is 12.3 Å². The van der Waals surface area contributed by atoms with Gasteiger partial charge in [-0.15, -0.1) is 0 Å². The monoisotopic (exact) mass is 349 g/mol. The van der Waals surface area contributed by atoms with E-state index in [1.54, 1.807) is 11.1 Å². The van der Waals surface area contributed by atoms with Crippen LogP contribution in [0.4, 0.5) is 4.79 Å². The fourth-order valence-electron chi connectivity index (χ4n) is 2.98. The van der Waals surface area contributed by atoms with E-state index in [9.17, 15) is 4.79 Å². The van der Waals surface area contributed by atoms with Crippen LogP contribution in [-0.2, 0) is 11.3 Å². The van der Waals surface area contributed by atoms with Crippen LogP contribution in [-0.4, -0.2) is 54.4 Å². The number of fused-ring (bicyclic) bond motifs is 1. The van der Waals surface area contributed by atoms with E-state index in [4.69, 9.17) is 14.2 Å². The first kappa shape index (κ1) is 17.8. The van der Waals surface area contributed by atoms with Crippen molar-refractivity contribution in [3.05, 3.63) is 18.0 Å². The summed E-state index contributed by atoms with van der Waals surface area (Å²) in [5, 5.41) is 3.42. The van der Waals surface area contributed by atoms with E-state index in [0.29, 0.717) is 31.4 Å². The average Bonchev–Trinajstić information content (AvgIpc) is 3.02. The van der Waals surface area contributed by atoms with Gasteiger partial charge in [-0.1, -0.05) is 0 Å². The lowest BCUT2D eigenvalue weighted by Crippen LogP contribution is -2.36. The number of nitrogens with zero attached hydrogens (tertiary/aromatic N) is 2. The minimum atomic E-state index is -0.447. The molecule has 2 aliphatic rings. The van der Waals surface area contributed by atoms with Gasteiger partial charge < -0.3 is 24.4 Å². The fourth-order valence-corrected chi connectivity index (χ4v) is 2.98. The third-order valence-electron chi connectivity index (χ3n) is 4.16. The van der Waals surface area contributed by atoms with Crippen molar-refractivity contribution in [1.82, 2.24) is 15.2 Å². The summed E-state index contributed by atoms with van der Waals surface area (Å²) < 4.78 is 16.5. The molecular weight excluding hydrogens is 322 g/mol. The highest BCUT2D eigenvalue weighted by Gasteiger charge is 2.29. The zero-order chi connectivity index (χ0) is 17.9. The predicted molar refractivity (Wildman–Crippen MR) is 92.8 cm³/mol. The van der Waals surface area contributed by atoms with E-state index in [1.807, 2.05) is 26.8 Å². The third-order valence-corrected chi connectivity index (χ3v) is 4.16. The van der Waals surface area contributed by atoms with Crippen molar-refractivity contribution in [3.8, 4) is 11.5 Å². The standard InChI is InChI=1S/C18H27N3O4/c1-18(2,3)25-17(22)21-5-4-13(12-21)9-19-10-14-8-15-16(11-20-14)24-7-6-23-15/h8,11,13,19H,4-7,9-10,12H2,1-3H3. The summed E-state index contributed by atoms with van der Waals surface area (Å²) in [5.41, 5.74) is 0.475. The van der Waals surface area contributed by atoms with Gasteiger partial charge in [0.1, 0.15) is 18.8 Å². The Kier molecular flexibility index (Phi) is 5.32. The first-order valence-corrected chi connectivity index (χ1v) is 8.84. The van der Waals surface area contributed by atoms with Gasteiger partial charge in [0.25, 0.3) is 0 Å². The zero-order valence-corrected chi connectivity index (χ0v) is 15.2. The van der Waals surface area contributed by atoms with Crippen LogP contribution < -0.4 is 14.8 Å². The van der Waals surface area contributed by atoms with Crippen LogP contribution in [0.1, 0.15) is 32.9 Å². The van der Waals surface area contributed by atoms with Gasteiger partial charge >= 0.3 is 6.09 Å². The lowest BCUT2D eigenvalue weighted by Gasteiger charge is -2.24. The number of carbonyl (C=O) groups excluding carboxylic acids is 1. The minimum absolute atomic E-state index is 0.219. The van der Waals surface area contributed by atoms with Gasteiger partial charge in [-0.3, -0.25) is 4.98 Å². The number of ether oxygens (including phenoxy) is 3. The molecule has 1 aromatic heterocycles. The Morgan fingerprint density at radius 2 is 2.12 bits per heavy atom. The van der Waals surface area contributed by atoms with Gasteiger partial charge in [0.05, 0.1) is 11.9 Å². The van der Waals surface area contributed by atoms with E-state index in [1.165, 1.54) is 0 Å². The molecule has 1 N–H and O–H groups in total. The highest BCUT2D eigenvalue weighted by Crippen LogP contribution is 2.29. The normalized spacial score (nSPS) is 19.8. The molecule has 1 unspecified atom stereocenters. The van der Waals surface area contributed by atoms with Crippen molar-refractivity contribution in [3.63, 3.8) is 0 Å². The fraction of sp³-hybridized carbons (Fsp3) is 0.667. The molecule has 7 nitrogen and oxygen atoms in total. The van der Waals surface area contributed by atoms with Crippen molar-refractivity contribution < 1.29 is 19.0 Å². The van der Waals surface area contributed by atoms with Gasteiger partial charge in [-0.25, -0.2) is 4.79 Å². The molecule has 1 amide bonds. The van der Waals surface area contributed by atoms with Crippen LogP contribution >= 0.6 is 0 Å². The minimum Gasteiger partial charge on any atom is -0.486 e. The third kappa shape index (κ3) is 4.98. The molecule has 1 aromatic rings. The molecule has 0 radical (unpaired) electrons. The van der Waals surface area contributed by atoms with E-state index < -0.39 is 5.60 Å². The summed E-state index contributed by atoms with van der Waals surface area (Å²) in [5.74, 6) is 1.90. The second-order valence-electron chi connectivity index (χ2n) is 7.53. The van der Waals surface area contributed by atoms with Crippen molar-refractivity contribution in [2.24, 2.45) is 5.92 Å². The molecule has 25 heavy (non-hydrogen) atoms. The Morgan fingerprint density at radius 3 is 2.88 bits per heavy atom. The number of amides is 1. The topological polar surface area (TPSA) is 72.9 Å². The van der Waals surface area contributed by atoms with Gasteiger partial charge in [-0.05, 0) is 33.1 Å². The molecule has 138 valence electrons. The average molecular weight is 349 g/mol. The largest absolute Gasteiger partial charge is 0.486 e. The Labute approximate surface area is 148 Å². The second kappa shape index (κ2) is 7.47. The van der Waals surface area contributed by atoms with Gasteiger partial charge in [-0.2, -0.15) is 0 Å². The number of rotatable bonds is 4. The first-order chi connectivity index (χ1) is 11.9. The predicted octanol–water partition coefficient (Wildman–Crippen LogP) is 2.20.